The van der Waals surface area contributed by atoms with Gasteiger partial charge < -0.3 is 24.1 Å². The first-order chi connectivity index (χ1) is 14.5. The van der Waals surface area contributed by atoms with Crippen LogP contribution in [-0.2, 0) is 4.79 Å². The molecule has 0 bridgehead atoms. The van der Waals surface area contributed by atoms with Crippen molar-refractivity contribution in [3.63, 3.8) is 0 Å². The maximum Gasteiger partial charge on any atom is 0.320 e. The van der Waals surface area contributed by atoms with Crippen molar-refractivity contribution in [3.05, 3.63) is 47.5 Å². The predicted molar refractivity (Wildman–Crippen MR) is 113 cm³/mol. The second-order valence-corrected chi connectivity index (χ2v) is 7.21. The van der Waals surface area contributed by atoms with E-state index in [0.29, 0.717) is 36.0 Å². The van der Waals surface area contributed by atoms with Crippen LogP contribution in [0.15, 0.2) is 36.4 Å². The van der Waals surface area contributed by atoms with Crippen LogP contribution in [0, 0.1) is 0 Å². The van der Waals surface area contributed by atoms with Crippen LogP contribution >= 0.6 is 0 Å². The van der Waals surface area contributed by atoms with Crippen LogP contribution in [0.25, 0.3) is 0 Å². The van der Waals surface area contributed by atoms with E-state index in [1.165, 1.54) is 0 Å². The summed E-state index contributed by atoms with van der Waals surface area (Å²) in [5, 5.41) is 9.92. The number of benzene rings is 2. The molecule has 1 fully saturated rings. The maximum absolute atomic E-state index is 12.1. The molecule has 2 atom stereocenters. The minimum Gasteiger partial charge on any atom is -0.497 e. The molecule has 7 nitrogen and oxygen atoms in total. The van der Waals surface area contributed by atoms with Crippen molar-refractivity contribution in [2.24, 2.45) is 0 Å². The first kappa shape index (κ1) is 21.8. The number of carboxylic acids is 1. The van der Waals surface area contributed by atoms with Crippen LogP contribution in [0.2, 0.25) is 0 Å². The molecule has 2 unspecified atom stereocenters. The monoisotopic (exact) mass is 415 g/mol. The Balaban J connectivity index is 2.21. The lowest BCUT2D eigenvalue weighted by atomic mass is 9.90. The van der Waals surface area contributed by atoms with Gasteiger partial charge in [0.1, 0.15) is 17.5 Å². The highest BCUT2D eigenvalue weighted by molar-refractivity contribution is 5.74. The summed E-state index contributed by atoms with van der Waals surface area (Å²) in [4.78, 5) is 14.1. The fourth-order valence-electron chi connectivity index (χ4n) is 4.15. The Bertz CT molecular complexity index is 884. The third kappa shape index (κ3) is 4.31. The van der Waals surface area contributed by atoms with E-state index in [4.69, 9.17) is 18.9 Å². The lowest BCUT2D eigenvalue weighted by Crippen LogP contribution is -2.46. The third-order valence-electron chi connectivity index (χ3n) is 5.62. The van der Waals surface area contributed by atoms with Gasteiger partial charge in [-0.05, 0) is 55.3 Å². The number of rotatable bonds is 8. The number of methoxy groups -OCH3 is 4. The molecule has 0 amide bonds. The molecule has 0 radical (unpaired) electrons. The molecular formula is C23H29NO6. The Labute approximate surface area is 177 Å². The SMILES string of the molecule is COc1ccc(OC)c(C(c2ccc(OC)c(OC)c2)N2CCCCC2C(=O)O)c1. The summed E-state index contributed by atoms with van der Waals surface area (Å²) in [6, 6.07) is 10.3. The lowest BCUT2D eigenvalue weighted by Gasteiger charge is -2.40. The average Bonchev–Trinajstić information content (AvgIpc) is 2.79. The number of ether oxygens (including phenoxy) is 4. The summed E-state index contributed by atoms with van der Waals surface area (Å²) in [5.74, 6) is 1.74. The Morgan fingerprint density at radius 1 is 0.933 bits per heavy atom. The van der Waals surface area contributed by atoms with Crippen molar-refractivity contribution < 1.29 is 28.8 Å². The van der Waals surface area contributed by atoms with Crippen LogP contribution in [-0.4, -0.2) is 57.0 Å². The molecule has 7 heteroatoms. The number of carboxylic acid groups (broad SMARTS) is 1. The van der Waals surface area contributed by atoms with E-state index in [-0.39, 0.29) is 6.04 Å². The van der Waals surface area contributed by atoms with Gasteiger partial charge in [-0.2, -0.15) is 0 Å². The van der Waals surface area contributed by atoms with Crippen molar-refractivity contribution in [2.45, 2.75) is 31.3 Å². The van der Waals surface area contributed by atoms with E-state index in [1.807, 2.05) is 41.3 Å². The van der Waals surface area contributed by atoms with E-state index >= 15 is 0 Å². The summed E-state index contributed by atoms with van der Waals surface area (Å²) in [7, 11) is 6.40. The van der Waals surface area contributed by atoms with E-state index in [0.717, 1.165) is 24.0 Å². The van der Waals surface area contributed by atoms with Gasteiger partial charge in [0.05, 0.1) is 34.5 Å². The van der Waals surface area contributed by atoms with Crippen molar-refractivity contribution in [3.8, 4) is 23.0 Å². The molecule has 162 valence electrons. The maximum atomic E-state index is 12.1. The zero-order chi connectivity index (χ0) is 21.7. The third-order valence-corrected chi connectivity index (χ3v) is 5.62. The van der Waals surface area contributed by atoms with Gasteiger partial charge in [-0.15, -0.1) is 0 Å². The Kier molecular flexibility index (Phi) is 7.05. The first-order valence-corrected chi connectivity index (χ1v) is 9.96. The highest BCUT2D eigenvalue weighted by atomic mass is 16.5. The molecule has 2 aromatic carbocycles. The standard InChI is InChI=1S/C23H29NO6/c1-27-16-9-11-19(28-2)17(14-16)22(24-12-6-5-7-18(24)23(25)26)15-8-10-20(29-3)21(13-15)30-4/h8-11,13-14,18,22H,5-7,12H2,1-4H3,(H,25,26). The second-order valence-electron chi connectivity index (χ2n) is 7.21. The van der Waals surface area contributed by atoms with Gasteiger partial charge >= 0.3 is 5.97 Å². The Morgan fingerprint density at radius 3 is 2.27 bits per heavy atom. The van der Waals surface area contributed by atoms with Gasteiger partial charge in [0.25, 0.3) is 0 Å². The van der Waals surface area contributed by atoms with Gasteiger partial charge in [0.2, 0.25) is 0 Å². The summed E-state index contributed by atoms with van der Waals surface area (Å²) in [5.41, 5.74) is 1.74. The summed E-state index contributed by atoms with van der Waals surface area (Å²) in [6.07, 6.45) is 2.42. The van der Waals surface area contributed by atoms with Gasteiger partial charge in [0.15, 0.2) is 11.5 Å². The Morgan fingerprint density at radius 2 is 1.63 bits per heavy atom. The molecule has 3 rings (SSSR count). The van der Waals surface area contributed by atoms with Gasteiger partial charge in [0, 0.05) is 5.56 Å². The molecule has 0 saturated carbocycles. The number of likely N-dealkylation sites (tertiary alicyclic amines) is 1. The van der Waals surface area contributed by atoms with E-state index in [2.05, 4.69) is 0 Å². The largest absolute Gasteiger partial charge is 0.497 e. The molecule has 0 aliphatic carbocycles. The summed E-state index contributed by atoms with van der Waals surface area (Å²) < 4.78 is 22.0. The summed E-state index contributed by atoms with van der Waals surface area (Å²) in [6.45, 7) is 0.663. The van der Waals surface area contributed by atoms with E-state index in [1.54, 1.807) is 28.4 Å². The zero-order valence-corrected chi connectivity index (χ0v) is 17.9. The van der Waals surface area contributed by atoms with E-state index in [9.17, 15) is 9.90 Å². The number of nitrogens with zero attached hydrogens (tertiary/aromatic N) is 1. The van der Waals surface area contributed by atoms with Crippen molar-refractivity contribution in [1.82, 2.24) is 4.90 Å². The number of hydrogen-bond acceptors (Lipinski definition) is 6. The van der Waals surface area contributed by atoms with Crippen molar-refractivity contribution >= 4 is 5.97 Å². The molecule has 30 heavy (non-hydrogen) atoms. The molecule has 1 aliphatic heterocycles. The molecule has 1 N–H and O–H groups in total. The first-order valence-electron chi connectivity index (χ1n) is 9.96. The van der Waals surface area contributed by atoms with E-state index < -0.39 is 12.0 Å². The highest BCUT2D eigenvalue weighted by Gasteiger charge is 2.36. The van der Waals surface area contributed by atoms with Crippen LogP contribution in [0.5, 0.6) is 23.0 Å². The number of hydrogen-bond donors (Lipinski definition) is 1. The minimum atomic E-state index is -0.818. The van der Waals surface area contributed by atoms with Crippen molar-refractivity contribution in [1.29, 1.82) is 0 Å². The molecule has 1 aliphatic rings. The minimum absolute atomic E-state index is 0.351. The van der Waals surface area contributed by atoms with Crippen LogP contribution in [0.4, 0.5) is 0 Å². The fraction of sp³-hybridized carbons (Fsp3) is 0.435. The topological polar surface area (TPSA) is 77.5 Å². The second kappa shape index (κ2) is 9.71. The quantitative estimate of drug-likeness (QED) is 0.704. The molecular weight excluding hydrogens is 386 g/mol. The number of carbonyl (C=O) groups is 1. The lowest BCUT2D eigenvalue weighted by molar-refractivity contribution is -0.145. The van der Waals surface area contributed by atoms with Gasteiger partial charge in [-0.3, -0.25) is 9.69 Å². The molecule has 0 spiro atoms. The summed E-state index contributed by atoms with van der Waals surface area (Å²) >= 11 is 0. The van der Waals surface area contributed by atoms with Crippen molar-refractivity contribution in [2.75, 3.05) is 35.0 Å². The van der Waals surface area contributed by atoms with Gasteiger partial charge in [-0.25, -0.2) is 0 Å². The fourth-order valence-corrected chi connectivity index (χ4v) is 4.15. The normalized spacial score (nSPS) is 17.8. The number of piperidine rings is 1. The molecule has 0 aromatic heterocycles. The average molecular weight is 415 g/mol. The smallest absolute Gasteiger partial charge is 0.320 e. The molecule has 1 heterocycles. The predicted octanol–water partition coefficient (Wildman–Crippen LogP) is 3.75. The molecule has 1 saturated heterocycles. The highest BCUT2D eigenvalue weighted by Crippen LogP contribution is 2.42. The Hall–Kier alpha value is -2.93. The zero-order valence-electron chi connectivity index (χ0n) is 17.9. The van der Waals surface area contributed by atoms with Gasteiger partial charge in [-0.1, -0.05) is 12.5 Å². The van der Waals surface area contributed by atoms with Crippen LogP contribution in [0.1, 0.15) is 36.4 Å². The number of aliphatic carboxylic acids is 1. The molecule has 2 aromatic rings. The van der Waals surface area contributed by atoms with Crippen LogP contribution in [0.3, 0.4) is 0 Å². The van der Waals surface area contributed by atoms with Crippen LogP contribution < -0.4 is 18.9 Å².